The molecule has 4 rings (SSSR count). The highest BCUT2D eigenvalue weighted by Gasteiger charge is 2.37. The summed E-state index contributed by atoms with van der Waals surface area (Å²) in [7, 11) is 0. The fraction of sp³-hybridized carbons (Fsp3) is 0.0476. The third kappa shape index (κ3) is 3.03. The lowest BCUT2D eigenvalue weighted by Gasteiger charge is -2.27. The minimum atomic E-state index is -0.538. The standard InChI is InChI=1S/C21H14FN3O3/c22-15-6-3-7-16(11-15)24(19(26)14-5-4-10-23-12-14)13-25-20(27)17-8-1-2-9-18(17)21(25)28/h1-12H,13H2. The van der Waals surface area contributed by atoms with Crippen molar-refractivity contribution in [3.8, 4) is 0 Å². The monoisotopic (exact) mass is 375 g/mol. The molecule has 1 aliphatic heterocycles. The summed E-state index contributed by atoms with van der Waals surface area (Å²) >= 11 is 0. The van der Waals surface area contributed by atoms with Gasteiger partial charge in [0, 0.05) is 18.1 Å². The van der Waals surface area contributed by atoms with E-state index in [9.17, 15) is 18.8 Å². The Labute approximate surface area is 159 Å². The molecule has 0 N–H and O–H groups in total. The summed E-state index contributed by atoms with van der Waals surface area (Å²) in [6, 6.07) is 15.0. The maximum atomic E-state index is 13.8. The van der Waals surface area contributed by atoms with Crippen molar-refractivity contribution in [3.63, 3.8) is 0 Å². The molecule has 3 aromatic rings. The van der Waals surface area contributed by atoms with Crippen LogP contribution in [0.5, 0.6) is 0 Å². The SMILES string of the molecule is O=C1c2ccccc2C(=O)N1CN(C(=O)c1cccnc1)c1cccc(F)c1. The molecule has 0 spiro atoms. The van der Waals surface area contributed by atoms with Crippen LogP contribution in [0.4, 0.5) is 10.1 Å². The Morgan fingerprint density at radius 1 is 0.964 bits per heavy atom. The first-order valence-corrected chi connectivity index (χ1v) is 8.49. The molecule has 1 aromatic heterocycles. The Hall–Kier alpha value is -3.87. The van der Waals surface area contributed by atoms with Gasteiger partial charge in [0.05, 0.1) is 16.7 Å². The quantitative estimate of drug-likeness (QED) is 0.657. The van der Waals surface area contributed by atoms with Gasteiger partial charge in [0.1, 0.15) is 12.5 Å². The molecule has 1 aliphatic rings. The number of imide groups is 1. The first kappa shape index (κ1) is 17.5. The maximum absolute atomic E-state index is 13.8. The van der Waals surface area contributed by atoms with Crippen LogP contribution >= 0.6 is 0 Å². The van der Waals surface area contributed by atoms with Crippen LogP contribution in [0.2, 0.25) is 0 Å². The average Bonchev–Trinajstić information content (AvgIpc) is 2.97. The number of fused-ring (bicyclic) bond motifs is 1. The van der Waals surface area contributed by atoms with Crippen LogP contribution < -0.4 is 4.90 Å². The van der Waals surface area contributed by atoms with Gasteiger partial charge in [0.25, 0.3) is 17.7 Å². The first-order valence-electron chi connectivity index (χ1n) is 8.49. The molecule has 0 radical (unpaired) electrons. The van der Waals surface area contributed by atoms with Crippen LogP contribution in [0, 0.1) is 5.82 Å². The minimum absolute atomic E-state index is 0.227. The zero-order valence-corrected chi connectivity index (χ0v) is 14.6. The summed E-state index contributed by atoms with van der Waals surface area (Å²) in [5.41, 5.74) is 1.04. The minimum Gasteiger partial charge on any atom is -0.289 e. The van der Waals surface area contributed by atoms with Gasteiger partial charge in [-0.3, -0.25) is 29.2 Å². The molecule has 0 aliphatic carbocycles. The molecule has 2 heterocycles. The average molecular weight is 375 g/mol. The zero-order chi connectivity index (χ0) is 19.7. The summed E-state index contributed by atoms with van der Waals surface area (Å²) in [6.07, 6.45) is 2.89. The Kier molecular flexibility index (Phi) is 4.41. The third-order valence-corrected chi connectivity index (χ3v) is 4.43. The van der Waals surface area contributed by atoms with E-state index in [1.54, 1.807) is 36.4 Å². The van der Waals surface area contributed by atoms with E-state index in [0.717, 1.165) is 4.90 Å². The van der Waals surface area contributed by atoms with Crippen molar-refractivity contribution in [1.82, 2.24) is 9.88 Å². The topological polar surface area (TPSA) is 70.6 Å². The number of aromatic nitrogens is 1. The van der Waals surface area contributed by atoms with E-state index >= 15 is 0 Å². The number of hydrogen-bond donors (Lipinski definition) is 0. The smallest absolute Gasteiger partial charge is 0.263 e. The second kappa shape index (κ2) is 7.03. The van der Waals surface area contributed by atoms with E-state index in [2.05, 4.69) is 4.98 Å². The number of hydrogen-bond acceptors (Lipinski definition) is 4. The van der Waals surface area contributed by atoms with Crippen molar-refractivity contribution in [1.29, 1.82) is 0 Å². The van der Waals surface area contributed by atoms with Crippen molar-refractivity contribution >= 4 is 23.4 Å². The number of halogens is 1. The number of amides is 3. The van der Waals surface area contributed by atoms with Gasteiger partial charge in [-0.05, 0) is 42.5 Å². The zero-order valence-electron chi connectivity index (χ0n) is 14.6. The second-order valence-corrected chi connectivity index (χ2v) is 6.18. The lowest BCUT2D eigenvalue weighted by Crippen LogP contribution is -2.44. The normalized spacial score (nSPS) is 12.8. The van der Waals surface area contributed by atoms with Gasteiger partial charge >= 0.3 is 0 Å². The van der Waals surface area contributed by atoms with Crippen LogP contribution in [-0.4, -0.2) is 34.3 Å². The van der Waals surface area contributed by atoms with Gasteiger partial charge in [-0.1, -0.05) is 18.2 Å². The lowest BCUT2D eigenvalue weighted by molar-refractivity contribution is 0.0650. The van der Waals surface area contributed by atoms with Crippen molar-refractivity contribution in [2.75, 3.05) is 11.6 Å². The van der Waals surface area contributed by atoms with Crippen LogP contribution in [0.3, 0.4) is 0 Å². The molecule has 2 aromatic carbocycles. The van der Waals surface area contributed by atoms with Gasteiger partial charge < -0.3 is 0 Å². The fourth-order valence-electron chi connectivity index (χ4n) is 3.06. The number of carbonyl (C=O) groups excluding carboxylic acids is 3. The Bertz CT molecular complexity index is 1050. The van der Waals surface area contributed by atoms with Gasteiger partial charge in [-0.2, -0.15) is 0 Å². The van der Waals surface area contributed by atoms with Crippen LogP contribution in [0.15, 0.2) is 73.1 Å². The molecule has 28 heavy (non-hydrogen) atoms. The lowest BCUT2D eigenvalue weighted by atomic mass is 10.1. The number of rotatable bonds is 4. The van der Waals surface area contributed by atoms with E-state index < -0.39 is 23.5 Å². The fourth-order valence-corrected chi connectivity index (χ4v) is 3.06. The molecule has 0 saturated heterocycles. The predicted molar refractivity (Wildman–Crippen MR) is 99.3 cm³/mol. The molecule has 6 nitrogen and oxygen atoms in total. The van der Waals surface area contributed by atoms with E-state index in [0.29, 0.717) is 0 Å². The molecule has 7 heteroatoms. The third-order valence-electron chi connectivity index (χ3n) is 4.43. The number of nitrogens with zero attached hydrogens (tertiary/aromatic N) is 3. The second-order valence-electron chi connectivity index (χ2n) is 6.18. The maximum Gasteiger partial charge on any atom is 0.263 e. The molecule has 3 amide bonds. The number of benzene rings is 2. The predicted octanol–water partition coefficient (Wildman–Crippen LogP) is 3.12. The highest BCUT2D eigenvalue weighted by molar-refractivity contribution is 6.22. The summed E-state index contributed by atoms with van der Waals surface area (Å²) < 4.78 is 13.8. The first-order chi connectivity index (χ1) is 13.6. The molecule has 0 bridgehead atoms. The number of carbonyl (C=O) groups is 3. The van der Waals surface area contributed by atoms with Crippen molar-refractivity contribution in [2.45, 2.75) is 0 Å². The van der Waals surface area contributed by atoms with E-state index in [-0.39, 0.29) is 29.0 Å². The highest BCUT2D eigenvalue weighted by Crippen LogP contribution is 2.25. The summed E-state index contributed by atoms with van der Waals surface area (Å²) in [6.45, 7) is -0.344. The Morgan fingerprint density at radius 3 is 2.29 bits per heavy atom. The molecular formula is C21H14FN3O3. The van der Waals surface area contributed by atoms with Crippen LogP contribution in [0.1, 0.15) is 31.1 Å². The molecule has 0 saturated carbocycles. The van der Waals surface area contributed by atoms with Crippen LogP contribution in [-0.2, 0) is 0 Å². The Morgan fingerprint density at radius 2 is 1.68 bits per heavy atom. The highest BCUT2D eigenvalue weighted by atomic mass is 19.1. The molecule has 138 valence electrons. The molecular weight excluding hydrogens is 361 g/mol. The van der Waals surface area contributed by atoms with Gasteiger partial charge in [0.15, 0.2) is 0 Å². The van der Waals surface area contributed by atoms with Gasteiger partial charge in [0.2, 0.25) is 0 Å². The molecule has 0 unspecified atom stereocenters. The van der Waals surface area contributed by atoms with E-state index in [4.69, 9.17) is 0 Å². The molecule has 0 fully saturated rings. The number of anilines is 1. The van der Waals surface area contributed by atoms with Gasteiger partial charge in [-0.15, -0.1) is 0 Å². The molecule has 0 atom stereocenters. The summed E-state index contributed by atoms with van der Waals surface area (Å²) in [5.74, 6) is -2.04. The van der Waals surface area contributed by atoms with Crippen molar-refractivity contribution in [2.24, 2.45) is 0 Å². The van der Waals surface area contributed by atoms with Crippen molar-refractivity contribution in [3.05, 3.63) is 95.6 Å². The largest absolute Gasteiger partial charge is 0.289 e. The van der Waals surface area contributed by atoms with E-state index in [1.165, 1.54) is 41.6 Å². The van der Waals surface area contributed by atoms with Crippen molar-refractivity contribution < 1.29 is 18.8 Å². The summed E-state index contributed by atoms with van der Waals surface area (Å²) in [4.78, 5) is 44.5. The van der Waals surface area contributed by atoms with Crippen LogP contribution in [0.25, 0.3) is 0 Å². The summed E-state index contributed by atoms with van der Waals surface area (Å²) in [5, 5.41) is 0. The number of pyridine rings is 1. The van der Waals surface area contributed by atoms with Gasteiger partial charge in [-0.25, -0.2) is 4.39 Å². The van der Waals surface area contributed by atoms with E-state index in [1.807, 2.05) is 0 Å². The Balaban J connectivity index is 1.72.